The van der Waals surface area contributed by atoms with Crippen molar-refractivity contribution in [2.75, 3.05) is 45.3 Å². The molecule has 0 aliphatic carbocycles. The maximum absolute atomic E-state index is 13.2. The molecule has 0 spiro atoms. The molecule has 3 aromatic rings. The van der Waals surface area contributed by atoms with Gasteiger partial charge in [0.15, 0.2) is 5.82 Å². The Hall–Kier alpha value is -2.88. The lowest BCUT2D eigenvalue weighted by Gasteiger charge is -2.34. The maximum atomic E-state index is 13.2. The zero-order valence-corrected chi connectivity index (χ0v) is 19.3. The van der Waals surface area contributed by atoms with E-state index in [-0.39, 0.29) is 10.6 Å². The highest BCUT2D eigenvalue weighted by atomic mass is 35.5. The fourth-order valence-corrected chi connectivity index (χ4v) is 5.38. The SMILES string of the molecule is COc1ccc(S(=O)(=O)N2CCN(c3ccc(-c4ccccc4Cl)nn3)CC2)c(OC)c1. The molecule has 10 heteroatoms. The van der Waals surface area contributed by atoms with E-state index >= 15 is 0 Å². The summed E-state index contributed by atoms with van der Waals surface area (Å²) in [5.41, 5.74) is 1.50. The first kappa shape index (κ1) is 22.3. The van der Waals surface area contributed by atoms with Gasteiger partial charge in [-0.1, -0.05) is 29.8 Å². The van der Waals surface area contributed by atoms with Gasteiger partial charge >= 0.3 is 0 Å². The number of piperazine rings is 1. The maximum Gasteiger partial charge on any atom is 0.246 e. The number of aromatic nitrogens is 2. The minimum Gasteiger partial charge on any atom is -0.497 e. The molecular formula is C22H23ClN4O4S. The lowest BCUT2D eigenvalue weighted by molar-refractivity contribution is 0.369. The second kappa shape index (κ2) is 9.32. The fourth-order valence-electron chi connectivity index (χ4n) is 3.59. The van der Waals surface area contributed by atoms with Gasteiger partial charge in [-0.25, -0.2) is 8.42 Å². The van der Waals surface area contributed by atoms with Gasteiger partial charge in [-0.05, 0) is 30.3 Å². The monoisotopic (exact) mass is 474 g/mol. The molecule has 1 aromatic heterocycles. The highest BCUT2D eigenvalue weighted by Gasteiger charge is 2.31. The van der Waals surface area contributed by atoms with Crippen LogP contribution in [0.25, 0.3) is 11.3 Å². The number of sulfonamides is 1. The normalized spacial score (nSPS) is 14.9. The van der Waals surface area contributed by atoms with E-state index in [0.717, 1.165) is 5.56 Å². The standard InChI is InChI=1S/C22H23ClN4O4S/c1-30-16-7-9-21(20(15-16)31-2)32(28,29)27-13-11-26(12-14-27)22-10-8-19(24-25-22)17-5-3-4-6-18(17)23/h3-10,15H,11-14H2,1-2H3. The van der Waals surface area contributed by atoms with Crippen LogP contribution in [0.4, 0.5) is 5.82 Å². The van der Waals surface area contributed by atoms with Gasteiger partial charge in [0.25, 0.3) is 0 Å². The van der Waals surface area contributed by atoms with E-state index in [1.165, 1.54) is 24.6 Å². The molecule has 0 unspecified atom stereocenters. The highest BCUT2D eigenvalue weighted by molar-refractivity contribution is 7.89. The zero-order chi connectivity index (χ0) is 22.7. The van der Waals surface area contributed by atoms with Crippen molar-refractivity contribution in [1.82, 2.24) is 14.5 Å². The Balaban J connectivity index is 1.47. The Kier molecular flexibility index (Phi) is 6.50. The van der Waals surface area contributed by atoms with Crippen LogP contribution in [0.3, 0.4) is 0 Å². The van der Waals surface area contributed by atoms with Gasteiger partial charge in [0, 0.05) is 37.8 Å². The van der Waals surface area contributed by atoms with E-state index in [0.29, 0.717) is 48.5 Å². The third-order valence-electron chi connectivity index (χ3n) is 5.35. The van der Waals surface area contributed by atoms with Crippen molar-refractivity contribution in [3.63, 3.8) is 0 Å². The van der Waals surface area contributed by atoms with Crippen molar-refractivity contribution in [1.29, 1.82) is 0 Å². The quantitative estimate of drug-likeness (QED) is 0.541. The number of ether oxygens (including phenoxy) is 2. The van der Waals surface area contributed by atoms with Gasteiger partial charge in [0.05, 0.1) is 24.9 Å². The Morgan fingerprint density at radius 1 is 0.906 bits per heavy atom. The molecule has 32 heavy (non-hydrogen) atoms. The lowest BCUT2D eigenvalue weighted by atomic mass is 10.1. The molecule has 168 valence electrons. The Morgan fingerprint density at radius 2 is 1.66 bits per heavy atom. The summed E-state index contributed by atoms with van der Waals surface area (Å²) in [4.78, 5) is 2.14. The second-order valence-corrected chi connectivity index (χ2v) is 9.48. The first-order valence-corrected chi connectivity index (χ1v) is 11.8. The number of halogens is 1. The van der Waals surface area contributed by atoms with E-state index in [2.05, 4.69) is 10.2 Å². The number of hydrogen-bond donors (Lipinski definition) is 0. The first-order valence-electron chi connectivity index (χ1n) is 10.00. The van der Waals surface area contributed by atoms with Crippen molar-refractivity contribution < 1.29 is 17.9 Å². The van der Waals surface area contributed by atoms with Gasteiger partial charge in [0.1, 0.15) is 16.4 Å². The van der Waals surface area contributed by atoms with E-state index in [4.69, 9.17) is 21.1 Å². The molecule has 1 saturated heterocycles. The van der Waals surface area contributed by atoms with Crippen LogP contribution in [-0.4, -0.2) is 63.3 Å². The summed E-state index contributed by atoms with van der Waals surface area (Å²) < 4.78 is 38.3. The molecule has 0 saturated carbocycles. The van der Waals surface area contributed by atoms with Crippen LogP contribution in [0.15, 0.2) is 59.5 Å². The van der Waals surface area contributed by atoms with Gasteiger partial charge in [-0.2, -0.15) is 4.31 Å². The Labute approximate surface area is 192 Å². The van der Waals surface area contributed by atoms with Crippen molar-refractivity contribution in [2.24, 2.45) is 0 Å². The average Bonchev–Trinajstić information content (AvgIpc) is 2.84. The summed E-state index contributed by atoms with van der Waals surface area (Å²) in [6.45, 7) is 1.65. The smallest absolute Gasteiger partial charge is 0.246 e. The van der Waals surface area contributed by atoms with E-state index < -0.39 is 10.0 Å². The summed E-state index contributed by atoms with van der Waals surface area (Å²) in [6, 6.07) is 15.9. The summed E-state index contributed by atoms with van der Waals surface area (Å²) in [5.74, 6) is 1.48. The van der Waals surface area contributed by atoms with Crippen LogP contribution in [0, 0.1) is 0 Å². The molecule has 8 nitrogen and oxygen atoms in total. The van der Waals surface area contributed by atoms with Crippen LogP contribution >= 0.6 is 11.6 Å². The third-order valence-corrected chi connectivity index (χ3v) is 7.62. The molecule has 2 aromatic carbocycles. The predicted molar refractivity (Wildman–Crippen MR) is 123 cm³/mol. The van der Waals surface area contributed by atoms with Gasteiger partial charge in [-0.15, -0.1) is 10.2 Å². The zero-order valence-electron chi connectivity index (χ0n) is 17.7. The molecule has 2 heterocycles. The second-order valence-electron chi connectivity index (χ2n) is 7.16. The van der Waals surface area contributed by atoms with Crippen LogP contribution in [0.1, 0.15) is 0 Å². The summed E-state index contributed by atoms with van der Waals surface area (Å²) in [6.07, 6.45) is 0. The summed E-state index contributed by atoms with van der Waals surface area (Å²) in [7, 11) is -0.746. The molecule has 1 aliphatic rings. The third kappa shape index (κ3) is 4.36. The Bertz CT molecular complexity index is 1200. The minimum atomic E-state index is -3.71. The number of benzene rings is 2. The lowest BCUT2D eigenvalue weighted by Crippen LogP contribution is -2.49. The van der Waals surface area contributed by atoms with Gasteiger partial charge < -0.3 is 14.4 Å². The van der Waals surface area contributed by atoms with Gasteiger partial charge in [0.2, 0.25) is 10.0 Å². The van der Waals surface area contributed by atoms with Crippen LogP contribution in [0.2, 0.25) is 5.02 Å². The van der Waals surface area contributed by atoms with Crippen LogP contribution in [-0.2, 0) is 10.0 Å². The minimum absolute atomic E-state index is 0.123. The van der Waals surface area contributed by atoms with E-state index in [1.54, 1.807) is 12.1 Å². The number of nitrogens with zero attached hydrogens (tertiary/aromatic N) is 4. The topological polar surface area (TPSA) is 84.9 Å². The molecule has 0 amide bonds. The number of methoxy groups -OCH3 is 2. The molecule has 0 N–H and O–H groups in total. The predicted octanol–water partition coefficient (Wildman–Crippen LogP) is 3.33. The summed E-state index contributed by atoms with van der Waals surface area (Å²) >= 11 is 6.24. The molecule has 0 radical (unpaired) electrons. The number of hydrogen-bond acceptors (Lipinski definition) is 7. The molecule has 0 bridgehead atoms. The molecule has 1 fully saturated rings. The molecule has 0 atom stereocenters. The van der Waals surface area contributed by atoms with Crippen molar-refractivity contribution in [3.05, 3.63) is 59.6 Å². The van der Waals surface area contributed by atoms with E-state index in [9.17, 15) is 8.42 Å². The fraction of sp³-hybridized carbons (Fsp3) is 0.273. The van der Waals surface area contributed by atoms with Crippen molar-refractivity contribution in [2.45, 2.75) is 4.90 Å². The number of rotatable bonds is 6. The Morgan fingerprint density at radius 3 is 2.28 bits per heavy atom. The van der Waals surface area contributed by atoms with Crippen molar-refractivity contribution in [3.8, 4) is 22.8 Å². The molecule has 4 rings (SSSR count). The first-order chi connectivity index (χ1) is 15.4. The van der Waals surface area contributed by atoms with Crippen LogP contribution < -0.4 is 14.4 Å². The molecule has 1 aliphatic heterocycles. The highest BCUT2D eigenvalue weighted by Crippen LogP contribution is 2.31. The molecular weight excluding hydrogens is 452 g/mol. The largest absolute Gasteiger partial charge is 0.497 e. The average molecular weight is 475 g/mol. The van der Waals surface area contributed by atoms with Gasteiger partial charge in [-0.3, -0.25) is 0 Å². The summed E-state index contributed by atoms with van der Waals surface area (Å²) in [5, 5.41) is 9.24. The van der Waals surface area contributed by atoms with Crippen molar-refractivity contribution >= 4 is 27.4 Å². The van der Waals surface area contributed by atoms with Crippen LogP contribution in [0.5, 0.6) is 11.5 Å². The van der Waals surface area contributed by atoms with E-state index in [1.807, 2.05) is 41.3 Å². The number of anilines is 1.